The van der Waals surface area contributed by atoms with Gasteiger partial charge in [-0.1, -0.05) is 96.2 Å². The van der Waals surface area contributed by atoms with E-state index in [4.69, 9.17) is 34.8 Å². The molecule has 4 rings (SSSR count). The summed E-state index contributed by atoms with van der Waals surface area (Å²) in [5, 5.41) is 4.68. The number of amides is 2. The van der Waals surface area contributed by atoms with Crippen molar-refractivity contribution in [3.05, 3.63) is 105 Å². The van der Waals surface area contributed by atoms with Crippen LogP contribution >= 0.6 is 34.8 Å². The first-order valence-corrected chi connectivity index (χ1v) is 13.3. The maximum Gasteiger partial charge on any atom is 0.243 e. The van der Waals surface area contributed by atoms with E-state index in [-0.39, 0.29) is 30.8 Å². The molecule has 0 heterocycles. The third kappa shape index (κ3) is 7.25. The average molecular weight is 544 g/mol. The molecule has 7 heteroatoms. The molecule has 1 atom stereocenters. The topological polar surface area (TPSA) is 49.4 Å². The highest BCUT2D eigenvalue weighted by Crippen LogP contribution is 2.25. The minimum absolute atomic E-state index is 0.129. The van der Waals surface area contributed by atoms with Crippen molar-refractivity contribution < 1.29 is 9.59 Å². The fourth-order valence-corrected chi connectivity index (χ4v) is 5.08. The van der Waals surface area contributed by atoms with E-state index < -0.39 is 6.04 Å². The van der Waals surface area contributed by atoms with Crippen molar-refractivity contribution in [2.45, 2.75) is 57.2 Å². The van der Waals surface area contributed by atoms with Crippen molar-refractivity contribution in [3.63, 3.8) is 0 Å². The normalized spacial score (nSPS) is 14.4. The molecule has 0 unspecified atom stereocenters. The fourth-order valence-electron chi connectivity index (χ4n) is 4.63. The maximum atomic E-state index is 13.8. The quantitative estimate of drug-likeness (QED) is 0.319. The summed E-state index contributed by atoms with van der Waals surface area (Å²) in [6.07, 6.45) is 4.71. The Morgan fingerprint density at radius 3 is 2.17 bits per heavy atom. The molecule has 2 amide bonds. The first kappa shape index (κ1) is 26.5. The molecule has 3 aromatic carbocycles. The summed E-state index contributed by atoms with van der Waals surface area (Å²) in [5.41, 5.74) is 2.63. The van der Waals surface area contributed by atoms with Gasteiger partial charge >= 0.3 is 0 Å². The Balaban J connectivity index is 1.66. The summed E-state index contributed by atoms with van der Waals surface area (Å²) in [6, 6.07) is 21.8. The summed E-state index contributed by atoms with van der Waals surface area (Å²) in [7, 11) is 0. The van der Waals surface area contributed by atoms with E-state index in [1.807, 2.05) is 48.5 Å². The largest absolute Gasteiger partial charge is 0.352 e. The van der Waals surface area contributed by atoms with E-state index in [1.54, 1.807) is 29.2 Å². The van der Waals surface area contributed by atoms with Gasteiger partial charge in [0.15, 0.2) is 0 Å². The van der Waals surface area contributed by atoms with Crippen LogP contribution in [0.2, 0.25) is 15.1 Å². The highest BCUT2D eigenvalue weighted by molar-refractivity contribution is 6.42. The Morgan fingerprint density at radius 2 is 1.50 bits per heavy atom. The lowest BCUT2D eigenvalue weighted by molar-refractivity contribution is -0.141. The fraction of sp³-hybridized carbons (Fsp3) is 0.310. The van der Waals surface area contributed by atoms with Crippen LogP contribution < -0.4 is 5.32 Å². The van der Waals surface area contributed by atoms with Crippen molar-refractivity contribution in [2.75, 3.05) is 0 Å². The molecule has 4 nitrogen and oxygen atoms in total. The molecule has 1 N–H and O–H groups in total. The lowest BCUT2D eigenvalue weighted by Crippen LogP contribution is -2.52. The Hall–Kier alpha value is -2.53. The summed E-state index contributed by atoms with van der Waals surface area (Å²) in [4.78, 5) is 29.1. The maximum absolute atomic E-state index is 13.8. The number of carbonyl (C=O) groups excluding carboxylic acids is 2. The van der Waals surface area contributed by atoms with Gasteiger partial charge in [0.2, 0.25) is 11.8 Å². The summed E-state index contributed by atoms with van der Waals surface area (Å²) in [5.74, 6) is -0.277. The SMILES string of the molecule is O=C(NC1CCCC1)[C@@H](Cc1ccccc1)N(Cc1ccc(Cl)c(Cl)c1)C(=O)Cc1ccc(Cl)cc1. The van der Waals surface area contributed by atoms with Gasteiger partial charge in [-0.25, -0.2) is 0 Å². The highest BCUT2D eigenvalue weighted by Gasteiger charge is 2.32. The number of nitrogens with zero attached hydrogens (tertiary/aromatic N) is 1. The molecule has 0 aromatic heterocycles. The van der Waals surface area contributed by atoms with Crippen LogP contribution in [0.1, 0.15) is 42.4 Å². The van der Waals surface area contributed by atoms with E-state index >= 15 is 0 Å². The smallest absolute Gasteiger partial charge is 0.243 e. The Labute approximate surface area is 227 Å². The van der Waals surface area contributed by atoms with Gasteiger partial charge in [0.25, 0.3) is 0 Å². The Bertz CT molecular complexity index is 1180. The first-order chi connectivity index (χ1) is 17.4. The van der Waals surface area contributed by atoms with E-state index in [1.165, 1.54) is 0 Å². The van der Waals surface area contributed by atoms with Crippen molar-refractivity contribution >= 4 is 46.6 Å². The Kier molecular flexibility index (Phi) is 9.30. The first-order valence-electron chi connectivity index (χ1n) is 12.2. The van der Waals surface area contributed by atoms with Gasteiger partial charge in [-0.2, -0.15) is 0 Å². The molecule has 188 valence electrons. The van der Waals surface area contributed by atoms with Crippen LogP contribution in [-0.2, 0) is 29.0 Å². The second kappa shape index (κ2) is 12.6. The molecule has 1 fully saturated rings. The average Bonchev–Trinajstić information content (AvgIpc) is 3.38. The summed E-state index contributed by atoms with van der Waals surface area (Å²) < 4.78 is 0. The molecular weight excluding hydrogens is 515 g/mol. The van der Waals surface area contributed by atoms with E-state index in [0.29, 0.717) is 21.5 Å². The molecule has 1 aliphatic carbocycles. The van der Waals surface area contributed by atoms with E-state index in [9.17, 15) is 9.59 Å². The molecule has 0 bridgehead atoms. The van der Waals surface area contributed by atoms with Crippen LogP contribution in [-0.4, -0.2) is 28.8 Å². The van der Waals surface area contributed by atoms with Crippen molar-refractivity contribution in [1.82, 2.24) is 10.2 Å². The summed E-state index contributed by atoms with van der Waals surface area (Å²) in [6.45, 7) is 0.235. The summed E-state index contributed by atoms with van der Waals surface area (Å²) >= 11 is 18.4. The zero-order valence-corrected chi connectivity index (χ0v) is 22.2. The highest BCUT2D eigenvalue weighted by atomic mass is 35.5. The third-order valence-electron chi connectivity index (χ3n) is 6.58. The van der Waals surface area contributed by atoms with Crippen LogP contribution in [0, 0.1) is 0 Å². The van der Waals surface area contributed by atoms with E-state index in [2.05, 4.69) is 5.32 Å². The minimum atomic E-state index is -0.678. The molecule has 0 aliphatic heterocycles. The number of nitrogens with one attached hydrogen (secondary N) is 1. The van der Waals surface area contributed by atoms with Gasteiger partial charge < -0.3 is 10.2 Å². The molecule has 0 spiro atoms. The van der Waals surface area contributed by atoms with Crippen molar-refractivity contribution in [3.8, 4) is 0 Å². The lowest BCUT2D eigenvalue weighted by atomic mass is 10.0. The molecule has 0 saturated heterocycles. The van der Waals surface area contributed by atoms with Gasteiger partial charge in [0.05, 0.1) is 16.5 Å². The molecule has 3 aromatic rings. The molecule has 1 saturated carbocycles. The van der Waals surface area contributed by atoms with E-state index in [0.717, 1.165) is 42.4 Å². The third-order valence-corrected chi connectivity index (χ3v) is 7.57. The number of rotatable bonds is 9. The van der Waals surface area contributed by atoms with Crippen molar-refractivity contribution in [1.29, 1.82) is 0 Å². The van der Waals surface area contributed by atoms with Gasteiger partial charge in [-0.15, -0.1) is 0 Å². The zero-order valence-electron chi connectivity index (χ0n) is 19.9. The van der Waals surface area contributed by atoms with Crippen LogP contribution in [0.5, 0.6) is 0 Å². The second-order valence-corrected chi connectivity index (χ2v) is 10.5. The predicted molar refractivity (Wildman–Crippen MR) is 147 cm³/mol. The minimum Gasteiger partial charge on any atom is -0.352 e. The van der Waals surface area contributed by atoms with Crippen LogP contribution in [0.4, 0.5) is 0 Å². The predicted octanol–water partition coefficient (Wildman–Crippen LogP) is 6.89. The molecule has 36 heavy (non-hydrogen) atoms. The monoisotopic (exact) mass is 542 g/mol. The van der Waals surface area contributed by atoms with Gasteiger partial charge in [0.1, 0.15) is 6.04 Å². The number of carbonyl (C=O) groups is 2. The lowest BCUT2D eigenvalue weighted by Gasteiger charge is -2.32. The van der Waals surface area contributed by atoms with Crippen LogP contribution in [0.15, 0.2) is 72.8 Å². The number of hydrogen-bond donors (Lipinski definition) is 1. The number of benzene rings is 3. The Morgan fingerprint density at radius 1 is 0.833 bits per heavy atom. The zero-order chi connectivity index (χ0) is 25.5. The van der Waals surface area contributed by atoms with Gasteiger partial charge in [-0.3, -0.25) is 9.59 Å². The molecule has 0 radical (unpaired) electrons. The number of halogens is 3. The van der Waals surface area contributed by atoms with Crippen LogP contribution in [0.25, 0.3) is 0 Å². The number of hydrogen-bond acceptors (Lipinski definition) is 2. The van der Waals surface area contributed by atoms with Gasteiger partial charge in [-0.05, 0) is 53.8 Å². The van der Waals surface area contributed by atoms with Crippen LogP contribution in [0.3, 0.4) is 0 Å². The molecular formula is C29H29Cl3N2O2. The molecule has 1 aliphatic rings. The standard InChI is InChI=1S/C29H29Cl3N2O2/c30-23-13-10-21(11-14-23)18-28(35)34(19-22-12-15-25(31)26(32)16-22)27(17-20-6-2-1-3-7-20)29(36)33-24-8-4-5-9-24/h1-3,6-7,10-16,24,27H,4-5,8-9,17-19H2,(H,33,36)/t27-/m1/s1. The second-order valence-electron chi connectivity index (χ2n) is 9.27. The van der Waals surface area contributed by atoms with Crippen molar-refractivity contribution in [2.24, 2.45) is 0 Å². The van der Waals surface area contributed by atoms with Gasteiger partial charge in [0, 0.05) is 24.0 Å².